The number of nitrogens with zero attached hydrogens (tertiary/aromatic N) is 2. The maximum Gasteiger partial charge on any atom is 0.222 e. The van der Waals surface area contributed by atoms with Crippen molar-refractivity contribution in [2.45, 2.75) is 63.5 Å². The minimum atomic E-state index is -0.372. The van der Waals surface area contributed by atoms with E-state index in [-0.39, 0.29) is 24.1 Å². The predicted molar refractivity (Wildman–Crippen MR) is 77.2 cm³/mol. The number of hydrogen-bond donors (Lipinski definition) is 2. The second-order valence-corrected chi connectivity index (χ2v) is 5.85. The highest BCUT2D eigenvalue weighted by Crippen LogP contribution is 2.29. The lowest BCUT2D eigenvalue weighted by molar-refractivity contribution is -0.124. The molecule has 1 atom stereocenters. The number of aliphatic hydroxyl groups excluding tert-OH is 1. The average Bonchev–Trinajstić information content (AvgIpc) is 3.10. The highest BCUT2D eigenvalue weighted by atomic mass is 16.3. The number of aromatic nitrogens is 2. The van der Waals surface area contributed by atoms with Gasteiger partial charge in [0.05, 0.1) is 18.5 Å². The number of carbonyl (C=O) groups excluding carboxylic acids is 1. The summed E-state index contributed by atoms with van der Waals surface area (Å²) < 4.78 is 2.00. The smallest absolute Gasteiger partial charge is 0.222 e. The van der Waals surface area contributed by atoms with Crippen molar-refractivity contribution in [3.8, 4) is 0 Å². The van der Waals surface area contributed by atoms with E-state index in [1.54, 1.807) is 12.5 Å². The fourth-order valence-electron chi connectivity index (χ4n) is 3.11. The van der Waals surface area contributed by atoms with Crippen LogP contribution in [0.3, 0.4) is 0 Å². The van der Waals surface area contributed by atoms with Crippen molar-refractivity contribution in [1.29, 1.82) is 0 Å². The fourth-order valence-corrected chi connectivity index (χ4v) is 3.11. The summed E-state index contributed by atoms with van der Waals surface area (Å²) in [5.41, 5.74) is -0.372. The van der Waals surface area contributed by atoms with E-state index in [0.29, 0.717) is 6.42 Å². The summed E-state index contributed by atoms with van der Waals surface area (Å²) in [7, 11) is 0. The van der Waals surface area contributed by atoms with E-state index in [4.69, 9.17) is 0 Å². The zero-order valence-corrected chi connectivity index (χ0v) is 12.2. The molecule has 1 aromatic rings. The van der Waals surface area contributed by atoms with Crippen LogP contribution in [0, 0.1) is 0 Å². The van der Waals surface area contributed by atoms with Gasteiger partial charge in [-0.1, -0.05) is 26.2 Å². The van der Waals surface area contributed by atoms with Crippen LogP contribution in [0.15, 0.2) is 18.7 Å². The maximum absolute atomic E-state index is 12.3. The highest BCUT2D eigenvalue weighted by Gasteiger charge is 2.34. The Morgan fingerprint density at radius 3 is 2.80 bits per heavy atom. The van der Waals surface area contributed by atoms with Crippen LogP contribution in [0.4, 0.5) is 0 Å². The van der Waals surface area contributed by atoms with E-state index in [0.717, 1.165) is 38.5 Å². The SMILES string of the molecule is CCCC(CC(=O)NC1(CO)CCCC1)n1ccnc1. The minimum Gasteiger partial charge on any atom is -0.394 e. The molecule has 2 rings (SSSR count). The molecule has 1 amide bonds. The second kappa shape index (κ2) is 6.88. The van der Waals surface area contributed by atoms with Crippen LogP contribution in [-0.2, 0) is 4.79 Å². The van der Waals surface area contributed by atoms with E-state index >= 15 is 0 Å². The molecular weight excluding hydrogens is 254 g/mol. The first-order valence-corrected chi connectivity index (χ1v) is 7.58. The fraction of sp³-hybridized carbons (Fsp3) is 0.733. The van der Waals surface area contributed by atoms with Crippen molar-refractivity contribution in [3.63, 3.8) is 0 Å². The standard InChI is InChI=1S/C15H25N3O2/c1-2-5-13(18-9-8-16-12-18)10-14(20)17-15(11-19)6-3-4-7-15/h8-9,12-13,19H,2-7,10-11H2,1H3,(H,17,20). The molecule has 5 heteroatoms. The topological polar surface area (TPSA) is 67.2 Å². The van der Waals surface area contributed by atoms with Crippen molar-refractivity contribution >= 4 is 5.91 Å². The van der Waals surface area contributed by atoms with Gasteiger partial charge in [0, 0.05) is 24.9 Å². The molecule has 1 aliphatic rings. The molecule has 5 nitrogen and oxygen atoms in total. The second-order valence-electron chi connectivity index (χ2n) is 5.85. The molecule has 1 aliphatic carbocycles. The third-order valence-electron chi connectivity index (χ3n) is 4.26. The molecule has 1 heterocycles. The van der Waals surface area contributed by atoms with Gasteiger partial charge < -0.3 is 15.0 Å². The van der Waals surface area contributed by atoms with Crippen molar-refractivity contribution in [2.24, 2.45) is 0 Å². The Hall–Kier alpha value is -1.36. The van der Waals surface area contributed by atoms with Crippen molar-refractivity contribution in [2.75, 3.05) is 6.61 Å². The van der Waals surface area contributed by atoms with Crippen LogP contribution in [-0.4, -0.2) is 32.7 Å². The Morgan fingerprint density at radius 2 is 2.25 bits per heavy atom. The summed E-state index contributed by atoms with van der Waals surface area (Å²) >= 11 is 0. The van der Waals surface area contributed by atoms with Crippen LogP contribution in [0.1, 0.15) is 57.9 Å². The Morgan fingerprint density at radius 1 is 1.50 bits per heavy atom. The quantitative estimate of drug-likeness (QED) is 0.802. The zero-order chi connectivity index (χ0) is 14.4. The number of imidazole rings is 1. The number of hydrogen-bond acceptors (Lipinski definition) is 3. The lowest BCUT2D eigenvalue weighted by atomic mass is 9.98. The molecule has 0 aromatic carbocycles. The van der Waals surface area contributed by atoms with E-state index in [2.05, 4.69) is 17.2 Å². The van der Waals surface area contributed by atoms with Crippen LogP contribution in [0.25, 0.3) is 0 Å². The summed E-state index contributed by atoms with van der Waals surface area (Å²) in [6.45, 7) is 2.16. The molecular formula is C15H25N3O2. The van der Waals surface area contributed by atoms with Gasteiger partial charge in [-0.25, -0.2) is 4.98 Å². The number of nitrogens with one attached hydrogen (secondary N) is 1. The minimum absolute atomic E-state index is 0.0353. The van der Waals surface area contributed by atoms with Gasteiger partial charge in [0.1, 0.15) is 0 Å². The zero-order valence-electron chi connectivity index (χ0n) is 12.2. The maximum atomic E-state index is 12.3. The molecule has 0 radical (unpaired) electrons. The van der Waals surface area contributed by atoms with Gasteiger partial charge in [-0.05, 0) is 19.3 Å². The normalized spacial score (nSPS) is 18.9. The average molecular weight is 279 g/mol. The molecule has 0 spiro atoms. The molecule has 1 saturated carbocycles. The first-order valence-electron chi connectivity index (χ1n) is 7.58. The van der Waals surface area contributed by atoms with Gasteiger partial charge in [0.15, 0.2) is 0 Å². The Labute approximate surface area is 120 Å². The van der Waals surface area contributed by atoms with Gasteiger partial charge in [0.2, 0.25) is 5.91 Å². The largest absolute Gasteiger partial charge is 0.394 e. The van der Waals surface area contributed by atoms with Crippen LogP contribution < -0.4 is 5.32 Å². The van der Waals surface area contributed by atoms with Gasteiger partial charge in [0.25, 0.3) is 0 Å². The number of carbonyl (C=O) groups is 1. The molecule has 0 saturated heterocycles. The van der Waals surface area contributed by atoms with Gasteiger partial charge in [-0.2, -0.15) is 0 Å². The van der Waals surface area contributed by atoms with Crippen LogP contribution in [0.2, 0.25) is 0 Å². The first-order chi connectivity index (χ1) is 9.69. The van der Waals surface area contributed by atoms with Crippen molar-refractivity contribution in [3.05, 3.63) is 18.7 Å². The van der Waals surface area contributed by atoms with Gasteiger partial charge in [-0.15, -0.1) is 0 Å². The lowest BCUT2D eigenvalue weighted by Crippen LogP contribution is -2.49. The first kappa shape index (κ1) is 15.0. The molecule has 112 valence electrons. The monoisotopic (exact) mass is 279 g/mol. The molecule has 1 unspecified atom stereocenters. The molecule has 0 aliphatic heterocycles. The Bertz CT molecular complexity index is 411. The molecule has 1 fully saturated rings. The van der Waals surface area contributed by atoms with Crippen LogP contribution in [0.5, 0.6) is 0 Å². The number of rotatable bonds is 7. The highest BCUT2D eigenvalue weighted by molar-refractivity contribution is 5.77. The molecule has 0 bridgehead atoms. The summed E-state index contributed by atoms with van der Waals surface area (Å²) in [5, 5.41) is 12.6. The van der Waals surface area contributed by atoms with Gasteiger partial charge >= 0.3 is 0 Å². The van der Waals surface area contributed by atoms with E-state index < -0.39 is 0 Å². The molecule has 20 heavy (non-hydrogen) atoms. The summed E-state index contributed by atoms with van der Waals surface area (Å²) in [6, 6.07) is 0.152. The summed E-state index contributed by atoms with van der Waals surface area (Å²) in [4.78, 5) is 16.3. The van der Waals surface area contributed by atoms with Gasteiger partial charge in [-0.3, -0.25) is 4.79 Å². The summed E-state index contributed by atoms with van der Waals surface area (Å²) in [6.07, 6.45) is 11.8. The predicted octanol–water partition coefficient (Wildman–Crippen LogP) is 2.04. The van der Waals surface area contributed by atoms with E-state index in [1.165, 1.54) is 0 Å². The van der Waals surface area contributed by atoms with Crippen molar-refractivity contribution < 1.29 is 9.90 Å². The number of aliphatic hydroxyl groups is 1. The molecule has 2 N–H and O–H groups in total. The third-order valence-corrected chi connectivity index (χ3v) is 4.26. The molecule has 1 aromatic heterocycles. The Balaban J connectivity index is 1.94. The third kappa shape index (κ3) is 3.60. The van der Waals surface area contributed by atoms with E-state index in [1.807, 2.05) is 10.8 Å². The van der Waals surface area contributed by atoms with E-state index in [9.17, 15) is 9.90 Å². The Kier molecular flexibility index (Phi) is 5.17. The van der Waals surface area contributed by atoms with Crippen LogP contribution >= 0.6 is 0 Å². The number of amides is 1. The van der Waals surface area contributed by atoms with Crippen molar-refractivity contribution in [1.82, 2.24) is 14.9 Å². The lowest BCUT2D eigenvalue weighted by Gasteiger charge is -2.29. The summed E-state index contributed by atoms with van der Waals surface area (Å²) in [5.74, 6) is 0.0353.